The fraction of sp³-hybridized carbons (Fsp3) is 0.0714. The lowest BCUT2D eigenvalue weighted by Crippen LogP contribution is -2.19. The normalized spacial score (nSPS) is 10.1. The van der Waals surface area contributed by atoms with Crippen molar-refractivity contribution >= 4 is 29.0 Å². The molecule has 0 atom stereocenters. The number of nitrogens with one attached hydrogen (secondary N) is 2. The van der Waals surface area contributed by atoms with Crippen LogP contribution in [-0.2, 0) is 6.54 Å². The summed E-state index contributed by atoms with van der Waals surface area (Å²) in [5.74, 6) is 0.0669. The van der Waals surface area contributed by atoms with Gasteiger partial charge in [0.25, 0.3) is 0 Å². The summed E-state index contributed by atoms with van der Waals surface area (Å²) in [6, 6.07) is 11.6. The van der Waals surface area contributed by atoms with Gasteiger partial charge in [0.15, 0.2) is 0 Å². The number of hydrogen-bond donors (Lipinski definition) is 4. The minimum atomic E-state index is -0.593. The highest BCUT2D eigenvalue weighted by molar-refractivity contribution is 6.32. The summed E-state index contributed by atoms with van der Waals surface area (Å²) >= 11 is 5.83. The summed E-state index contributed by atoms with van der Waals surface area (Å²) in [4.78, 5) is 10.7. The number of halogens is 1. The lowest BCUT2D eigenvalue weighted by Gasteiger charge is -2.08. The summed E-state index contributed by atoms with van der Waals surface area (Å²) < 4.78 is 0. The summed E-state index contributed by atoms with van der Waals surface area (Å²) in [7, 11) is 0. The number of hydrogen-bond acceptors (Lipinski definition) is 3. The number of urea groups is 1. The van der Waals surface area contributed by atoms with Crippen molar-refractivity contribution in [2.24, 2.45) is 5.73 Å². The zero-order chi connectivity index (χ0) is 14.5. The topological polar surface area (TPSA) is 87.4 Å². The van der Waals surface area contributed by atoms with Gasteiger partial charge in [0.2, 0.25) is 0 Å². The van der Waals surface area contributed by atoms with Gasteiger partial charge in [-0.05, 0) is 42.0 Å². The van der Waals surface area contributed by atoms with Crippen LogP contribution in [0.25, 0.3) is 0 Å². The third kappa shape index (κ3) is 3.80. The van der Waals surface area contributed by atoms with E-state index >= 15 is 0 Å². The van der Waals surface area contributed by atoms with Crippen LogP contribution in [0, 0.1) is 0 Å². The Morgan fingerprint density at radius 1 is 1.15 bits per heavy atom. The third-order valence-corrected chi connectivity index (χ3v) is 2.96. The number of anilines is 2. The van der Waals surface area contributed by atoms with Crippen molar-refractivity contribution < 1.29 is 9.90 Å². The minimum Gasteiger partial charge on any atom is -0.506 e. The highest BCUT2D eigenvalue weighted by Gasteiger charge is 2.01. The maximum absolute atomic E-state index is 10.7. The molecule has 104 valence electrons. The van der Waals surface area contributed by atoms with Crippen molar-refractivity contribution in [2.75, 3.05) is 10.6 Å². The number of primary amides is 1. The summed E-state index contributed by atoms with van der Waals surface area (Å²) in [6.45, 7) is 0.572. The molecule has 0 radical (unpaired) electrons. The fourth-order valence-corrected chi connectivity index (χ4v) is 1.88. The highest BCUT2D eigenvalue weighted by Crippen LogP contribution is 2.24. The van der Waals surface area contributed by atoms with E-state index in [-0.39, 0.29) is 5.75 Å². The van der Waals surface area contributed by atoms with Crippen molar-refractivity contribution in [2.45, 2.75) is 6.54 Å². The van der Waals surface area contributed by atoms with Crippen LogP contribution in [-0.4, -0.2) is 11.1 Å². The van der Waals surface area contributed by atoms with Crippen molar-refractivity contribution in [3.8, 4) is 5.75 Å². The molecular formula is C14H14ClN3O2. The molecule has 0 aromatic heterocycles. The Morgan fingerprint density at radius 3 is 2.40 bits per heavy atom. The fourth-order valence-electron chi connectivity index (χ4n) is 1.68. The van der Waals surface area contributed by atoms with Gasteiger partial charge < -0.3 is 21.5 Å². The number of benzene rings is 2. The van der Waals surface area contributed by atoms with Gasteiger partial charge in [-0.15, -0.1) is 0 Å². The molecule has 0 aliphatic heterocycles. The predicted octanol–water partition coefficient (Wildman–Crippen LogP) is 3.15. The Bertz CT molecular complexity index is 614. The second kappa shape index (κ2) is 6.16. The number of rotatable bonds is 4. The second-order valence-corrected chi connectivity index (χ2v) is 4.61. The van der Waals surface area contributed by atoms with Gasteiger partial charge in [-0.25, -0.2) is 4.79 Å². The Morgan fingerprint density at radius 2 is 1.80 bits per heavy atom. The van der Waals surface area contributed by atoms with Crippen LogP contribution in [0.5, 0.6) is 5.75 Å². The molecule has 0 heterocycles. The quantitative estimate of drug-likeness (QED) is 0.698. The molecule has 5 nitrogen and oxygen atoms in total. The lowest BCUT2D eigenvalue weighted by molar-refractivity contribution is 0.259. The van der Waals surface area contributed by atoms with E-state index in [9.17, 15) is 9.90 Å². The molecule has 0 saturated heterocycles. The first-order chi connectivity index (χ1) is 9.54. The van der Waals surface area contributed by atoms with E-state index in [1.165, 1.54) is 0 Å². The number of phenolic OH excluding ortho intramolecular Hbond substituents is 1. The van der Waals surface area contributed by atoms with E-state index < -0.39 is 6.03 Å². The monoisotopic (exact) mass is 291 g/mol. The number of phenols is 1. The standard InChI is InChI=1S/C14H14ClN3O2/c15-12-7-9(1-6-13(12)19)8-17-10-2-4-11(5-3-10)18-14(16)20/h1-7,17,19H,8H2,(H3,16,18,20). The zero-order valence-electron chi connectivity index (χ0n) is 10.6. The number of aromatic hydroxyl groups is 1. The molecule has 0 fully saturated rings. The second-order valence-electron chi connectivity index (χ2n) is 4.21. The van der Waals surface area contributed by atoms with Crippen LogP contribution >= 0.6 is 11.6 Å². The van der Waals surface area contributed by atoms with E-state index in [0.29, 0.717) is 17.3 Å². The van der Waals surface area contributed by atoms with E-state index in [1.807, 2.05) is 12.1 Å². The van der Waals surface area contributed by atoms with Crippen molar-refractivity contribution in [3.63, 3.8) is 0 Å². The molecule has 6 heteroatoms. The maximum atomic E-state index is 10.7. The molecule has 0 aliphatic rings. The van der Waals surface area contributed by atoms with E-state index in [0.717, 1.165) is 11.3 Å². The van der Waals surface area contributed by atoms with Crippen molar-refractivity contribution in [3.05, 3.63) is 53.1 Å². The molecule has 5 N–H and O–H groups in total. The molecule has 2 rings (SSSR count). The van der Waals surface area contributed by atoms with Crippen molar-refractivity contribution in [1.82, 2.24) is 0 Å². The third-order valence-electron chi connectivity index (χ3n) is 2.66. The molecule has 2 aromatic carbocycles. The summed E-state index contributed by atoms with van der Waals surface area (Å²) in [5.41, 5.74) is 7.50. The summed E-state index contributed by atoms with van der Waals surface area (Å²) in [5, 5.41) is 15.3. The average Bonchev–Trinajstić information content (AvgIpc) is 2.41. The number of carbonyl (C=O) groups is 1. The van der Waals surface area contributed by atoms with Gasteiger partial charge in [-0.1, -0.05) is 17.7 Å². The van der Waals surface area contributed by atoms with Gasteiger partial charge in [0.05, 0.1) is 5.02 Å². The average molecular weight is 292 g/mol. The summed E-state index contributed by atoms with van der Waals surface area (Å²) in [6.07, 6.45) is 0. The van der Waals surface area contributed by atoms with Gasteiger partial charge in [-0.2, -0.15) is 0 Å². The van der Waals surface area contributed by atoms with Gasteiger partial charge in [0.1, 0.15) is 5.75 Å². The van der Waals surface area contributed by atoms with Gasteiger partial charge in [0, 0.05) is 17.9 Å². The lowest BCUT2D eigenvalue weighted by atomic mass is 10.2. The zero-order valence-corrected chi connectivity index (χ0v) is 11.3. The Hall–Kier alpha value is -2.40. The highest BCUT2D eigenvalue weighted by atomic mass is 35.5. The number of amides is 2. The molecule has 2 aromatic rings. The Kier molecular flexibility index (Phi) is 4.32. The Labute approximate surface area is 121 Å². The maximum Gasteiger partial charge on any atom is 0.316 e. The molecule has 2 amide bonds. The van der Waals surface area contributed by atoms with Crippen LogP contribution in [0.1, 0.15) is 5.56 Å². The first kappa shape index (κ1) is 14.0. The first-order valence-corrected chi connectivity index (χ1v) is 6.30. The van der Waals surface area contributed by atoms with Crippen LogP contribution in [0.2, 0.25) is 5.02 Å². The smallest absolute Gasteiger partial charge is 0.316 e. The van der Waals surface area contributed by atoms with Crippen LogP contribution < -0.4 is 16.4 Å². The largest absolute Gasteiger partial charge is 0.506 e. The molecule has 0 saturated carbocycles. The van der Waals surface area contributed by atoms with E-state index in [2.05, 4.69) is 10.6 Å². The first-order valence-electron chi connectivity index (χ1n) is 5.92. The van der Waals surface area contributed by atoms with Crippen molar-refractivity contribution in [1.29, 1.82) is 0 Å². The van der Waals surface area contributed by atoms with Crippen LogP contribution in [0.15, 0.2) is 42.5 Å². The van der Waals surface area contributed by atoms with Gasteiger partial charge >= 0.3 is 6.03 Å². The Balaban J connectivity index is 1.96. The number of carbonyl (C=O) groups excluding carboxylic acids is 1. The van der Waals surface area contributed by atoms with E-state index in [1.54, 1.807) is 30.3 Å². The molecule has 20 heavy (non-hydrogen) atoms. The van der Waals surface area contributed by atoms with Crippen LogP contribution in [0.3, 0.4) is 0 Å². The molecule has 0 bridgehead atoms. The van der Waals surface area contributed by atoms with E-state index in [4.69, 9.17) is 17.3 Å². The van der Waals surface area contributed by atoms with Gasteiger partial charge in [-0.3, -0.25) is 0 Å². The predicted molar refractivity (Wildman–Crippen MR) is 80.1 cm³/mol. The molecular weight excluding hydrogens is 278 g/mol. The molecule has 0 unspecified atom stereocenters. The SMILES string of the molecule is NC(=O)Nc1ccc(NCc2ccc(O)c(Cl)c2)cc1. The molecule has 0 aliphatic carbocycles. The molecule has 0 spiro atoms. The van der Waals surface area contributed by atoms with Crippen LogP contribution in [0.4, 0.5) is 16.2 Å². The minimum absolute atomic E-state index is 0.0669. The number of nitrogens with two attached hydrogens (primary N) is 1.